The summed E-state index contributed by atoms with van der Waals surface area (Å²) in [7, 11) is 0. The van der Waals surface area contributed by atoms with Crippen molar-refractivity contribution < 1.29 is 9.59 Å². The molecule has 2 amide bonds. The fraction of sp³-hybridized carbons (Fsp3) is 0.409. The zero-order valence-electron chi connectivity index (χ0n) is 17.0. The molecule has 7 heteroatoms. The molecule has 4 rings (SSSR count). The topological polar surface area (TPSA) is 92.2 Å². The number of pyridine rings is 1. The van der Waals surface area contributed by atoms with Crippen LogP contribution in [0.2, 0.25) is 0 Å². The minimum absolute atomic E-state index is 0.206. The zero-order valence-corrected chi connectivity index (χ0v) is 17.0. The summed E-state index contributed by atoms with van der Waals surface area (Å²) in [5.74, 6) is -0.310. The summed E-state index contributed by atoms with van der Waals surface area (Å²) >= 11 is 0. The highest BCUT2D eigenvalue weighted by molar-refractivity contribution is 5.93. The molecule has 1 aromatic carbocycles. The first-order valence-electron chi connectivity index (χ1n) is 10.1. The van der Waals surface area contributed by atoms with Crippen molar-refractivity contribution in [1.82, 2.24) is 15.2 Å². The third-order valence-electron chi connectivity index (χ3n) is 4.99. The maximum absolute atomic E-state index is 12.6. The van der Waals surface area contributed by atoms with E-state index in [1.165, 1.54) is 18.4 Å². The second kappa shape index (κ2) is 9.41. The molecule has 0 saturated heterocycles. The van der Waals surface area contributed by atoms with E-state index in [-0.39, 0.29) is 17.0 Å². The number of amides is 2. The Kier molecular flexibility index (Phi) is 6.69. The second-order valence-corrected chi connectivity index (χ2v) is 7.40. The molecule has 1 aromatic heterocycles. The third-order valence-corrected chi connectivity index (χ3v) is 4.99. The van der Waals surface area contributed by atoms with E-state index in [2.05, 4.69) is 22.0 Å². The van der Waals surface area contributed by atoms with Crippen LogP contribution in [0, 0.1) is 6.92 Å². The second-order valence-electron chi connectivity index (χ2n) is 7.40. The number of nitrogens with zero attached hydrogens (tertiary/aromatic N) is 1. The molecule has 1 fully saturated rings. The quantitative estimate of drug-likeness (QED) is 0.650. The van der Waals surface area contributed by atoms with E-state index in [0.717, 1.165) is 36.2 Å². The molecule has 154 valence electrons. The van der Waals surface area contributed by atoms with Gasteiger partial charge in [-0.1, -0.05) is 12.1 Å². The lowest BCUT2D eigenvalue weighted by molar-refractivity contribution is -0.109. The fourth-order valence-electron chi connectivity index (χ4n) is 3.42. The van der Waals surface area contributed by atoms with Crippen molar-refractivity contribution in [2.45, 2.75) is 45.7 Å². The lowest BCUT2D eigenvalue weighted by Gasteiger charge is -2.12. The molecule has 0 radical (unpaired) electrons. The number of carbonyl (C=O) groups excluding carboxylic acids is 2. The minimum Gasteiger partial charge on any atom is -0.384 e. The summed E-state index contributed by atoms with van der Waals surface area (Å²) in [6.07, 6.45) is 5.90. The molecule has 0 bridgehead atoms. The molecule has 2 heterocycles. The van der Waals surface area contributed by atoms with Crippen LogP contribution < -0.4 is 21.5 Å². The predicted molar refractivity (Wildman–Crippen MR) is 113 cm³/mol. The SMILES string of the molecule is CCNC(=O)c1cc(C)cn(Cc2cccc3c2CCN3)c1=O.O=CNC1CC1. The van der Waals surface area contributed by atoms with Crippen LogP contribution in [0.25, 0.3) is 0 Å². The molecule has 7 nitrogen and oxygen atoms in total. The molecule has 0 unspecified atom stereocenters. The Hall–Kier alpha value is -3.09. The first-order valence-corrected chi connectivity index (χ1v) is 10.1. The number of rotatable bonds is 6. The number of hydrogen-bond donors (Lipinski definition) is 3. The summed E-state index contributed by atoms with van der Waals surface area (Å²) < 4.78 is 1.63. The highest BCUT2D eigenvalue weighted by atomic mass is 16.2. The van der Waals surface area contributed by atoms with Crippen molar-refractivity contribution in [2.24, 2.45) is 0 Å². The zero-order chi connectivity index (χ0) is 20.8. The summed E-state index contributed by atoms with van der Waals surface area (Å²) in [6, 6.07) is 8.29. The molecule has 3 N–H and O–H groups in total. The van der Waals surface area contributed by atoms with Gasteiger partial charge in [0.2, 0.25) is 6.41 Å². The number of aryl methyl sites for hydroxylation is 1. The molecule has 0 spiro atoms. The molecule has 29 heavy (non-hydrogen) atoms. The van der Waals surface area contributed by atoms with E-state index in [9.17, 15) is 14.4 Å². The van der Waals surface area contributed by atoms with E-state index in [0.29, 0.717) is 19.1 Å². The monoisotopic (exact) mass is 396 g/mol. The van der Waals surface area contributed by atoms with Gasteiger partial charge in [-0.2, -0.15) is 0 Å². The number of carbonyl (C=O) groups is 2. The first-order chi connectivity index (χ1) is 14.0. The highest BCUT2D eigenvalue weighted by Gasteiger charge is 2.19. The van der Waals surface area contributed by atoms with Crippen LogP contribution >= 0.6 is 0 Å². The first kappa shape index (κ1) is 20.6. The van der Waals surface area contributed by atoms with E-state index >= 15 is 0 Å². The molecular weight excluding hydrogens is 368 g/mol. The van der Waals surface area contributed by atoms with Gasteiger partial charge in [-0.25, -0.2) is 0 Å². The molecule has 2 aromatic rings. The molecular formula is C22H28N4O3. The Morgan fingerprint density at radius 2 is 2.14 bits per heavy atom. The smallest absolute Gasteiger partial charge is 0.263 e. The van der Waals surface area contributed by atoms with E-state index in [4.69, 9.17) is 0 Å². The van der Waals surface area contributed by atoms with Gasteiger partial charge in [-0.05, 0) is 61.9 Å². The van der Waals surface area contributed by atoms with Crippen molar-refractivity contribution in [1.29, 1.82) is 0 Å². The number of fused-ring (bicyclic) bond motifs is 1. The van der Waals surface area contributed by atoms with Crippen LogP contribution in [-0.2, 0) is 17.8 Å². The normalized spacial score (nSPS) is 14.1. The number of anilines is 1. The Bertz CT molecular complexity index is 948. The van der Waals surface area contributed by atoms with Crippen LogP contribution in [0.1, 0.15) is 46.8 Å². The summed E-state index contributed by atoms with van der Waals surface area (Å²) in [5, 5.41) is 8.69. The molecule has 2 aliphatic rings. The lowest BCUT2D eigenvalue weighted by Crippen LogP contribution is -2.33. The maximum Gasteiger partial charge on any atom is 0.263 e. The van der Waals surface area contributed by atoms with Crippen LogP contribution in [0.3, 0.4) is 0 Å². The Balaban J connectivity index is 0.000000343. The van der Waals surface area contributed by atoms with Crippen molar-refractivity contribution in [3.05, 3.63) is 63.1 Å². The number of hydrogen-bond acceptors (Lipinski definition) is 4. The third kappa shape index (κ3) is 5.25. The van der Waals surface area contributed by atoms with Gasteiger partial charge < -0.3 is 20.5 Å². The molecule has 0 atom stereocenters. The Morgan fingerprint density at radius 1 is 1.34 bits per heavy atom. The average molecular weight is 396 g/mol. The van der Waals surface area contributed by atoms with Gasteiger partial charge in [-0.3, -0.25) is 14.4 Å². The van der Waals surface area contributed by atoms with Crippen molar-refractivity contribution in [2.75, 3.05) is 18.4 Å². The van der Waals surface area contributed by atoms with Gasteiger partial charge in [0, 0.05) is 31.0 Å². The van der Waals surface area contributed by atoms with Crippen LogP contribution in [-0.4, -0.2) is 36.0 Å². The van der Waals surface area contributed by atoms with Crippen LogP contribution in [0.5, 0.6) is 0 Å². The maximum atomic E-state index is 12.6. The number of benzene rings is 1. The van der Waals surface area contributed by atoms with Crippen molar-refractivity contribution in [3.8, 4) is 0 Å². The predicted octanol–water partition coefficient (Wildman–Crippen LogP) is 1.82. The van der Waals surface area contributed by atoms with Gasteiger partial charge >= 0.3 is 0 Å². The average Bonchev–Trinajstić information content (AvgIpc) is 3.38. The highest BCUT2D eigenvalue weighted by Crippen LogP contribution is 2.25. The molecule has 1 aliphatic heterocycles. The van der Waals surface area contributed by atoms with Crippen LogP contribution in [0.4, 0.5) is 5.69 Å². The van der Waals surface area contributed by atoms with Gasteiger partial charge in [0.05, 0.1) is 6.54 Å². The summed E-state index contributed by atoms with van der Waals surface area (Å²) in [6.45, 7) is 5.66. The summed E-state index contributed by atoms with van der Waals surface area (Å²) in [5.41, 5.74) is 4.40. The van der Waals surface area contributed by atoms with Gasteiger partial charge in [0.25, 0.3) is 11.5 Å². The Morgan fingerprint density at radius 3 is 2.79 bits per heavy atom. The van der Waals surface area contributed by atoms with Crippen molar-refractivity contribution >= 4 is 18.0 Å². The van der Waals surface area contributed by atoms with Gasteiger partial charge in [-0.15, -0.1) is 0 Å². The minimum atomic E-state index is -0.310. The Labute approximate surface area is 170 Å². The molecule has 1 aliphatic carbocycles. The van der Waals surface area contributed by atoms with Crippen molar-refractivity contribution in [3.63, 3.8) is 0 Å². The standard InChI is InChI=1S/C18H21N3O2.C4H7NO/c1-3-19-17(22)15-9-12(2)10-21(18(15)23)11-13-5-4-6-16-14(13)7-8-20-16;6-3-5-4-1-2-4/h4-6,9-10,20H,3,7-8,11H2,1-2H3,(H,19,22);3-4H,1-2H2,(H,5,6). The molecule has 1 saturated carbocycles. The fourth-order valence-corrected chi connectivity index (χ4v) is 3.42. The number of aromatic nitrogens is 1. The van der Waals surface area contributed by atoms with Crippen LogP contribution in [0.15, 0.2) is 35.3 Å². The van der Waals surface area contributed by atoms with Gasteiger partial charge in [0.15, 0.2) is 0 Å². The van der Waals surface area contributed by atoms with E-state index in [1.807, 2.05) is 32.2 Å². The largest absolute Gasteiger partial charge is 0.384 e. The lowest BCUT2D eigenvalue weighted by atomic mass is 10.0. The van der Waals surface area contributed by atoms with E-state index < -0.39 is 0 Å². The summed E-state index contributed by atoms with van der Waals surface area (Å²) in [4.78, 5) is 34.2. The number of nitrogens with one attached hydrogen (secondary N) is 3. The van der Waals surface area contributed by atoms with Gasteiger partial charge in [0.1, 0.15) is 5.56 Å². The van der Waals surface area contributed by atoms with E-state index in [1.54, 1.807) is 10.6 Å².